The van der Waals surface area contributed by atoms with Crippen molar-refractivity contribution in [1.29, 1.82) is 0 Å². The molecule has 86 valence electrons. The van der Waals surface area contributed by atoms with E-state index >= 15 is 0 Å². The maximum Gasteiger partial charge on any atom is 0.167 e. The first-order valence-corrected chi connectivity index (χ1v) is 5.08. The molecule has 2 aliphatic rings. The SMILES string of the molecule is COC(C[C@@]1(O)C(=O)CC[C@@H]2O[C@@H]21)OC. The zero-order valence-electron chi connectivity index (χ0n) is 8.93. The van der Waals surface area contributed by atoms with Crippen molar-refractivity contribution in [3.63, 3.8) is 0 Å². The van der Waals surface area contributed by atoms with E-state index in [0.29, 0.717) is 6.42 Å². The van der Waals surface area contributed by atoms with Crippen LogP contribution < -0.4 is 0 Å². The fourth-order valence-electron chi connectivity index (χ4n) is 2.18. The largest absolute Gasteiger partial charge is 0.379 e. The molecule has 1 aliphatic carbocycles. The number of ketones is 1. The van der Waals surface area contributed by atoms with Gasteiger partial charge in [-0.25, -0.2) is 0 Å². The minimum Gasteiger partial charge on any atom is -0.379 e. The van der Waals surface area contributed by atoms with Crippen LogP contribution in [0.2, 0.25) is 0 Å². The molecule has 1 N–H and O–H groups in total. The lowest BCUT2D eigenvalue weighted by molar-refractivity contribution is -0.166. The molecule has 15 heavy (non-hydrogen) atoms. The number of hydrogen-bond donors (Lipinski definition) is 1. The zero-order valence-corrected chi connectivity index (χ0v) is 8.93. The van der Waals surface area contributed by atoms with Gasteiger partial charge in [-0.05, 0) is 6.42 Å². The van der Waals surface area contributed by atoms with Crippen LogP contribution in [0.4, 0.5) is 0 Å². The predicted molar refractivity (Wildman–Crippen MR) is 50.3 cm³/mol. The third-order valence-electron chi connectivity index (χ3n) is 3.20. The number of rotatable bonds is 4. The van der Waals surface area contributed by atoms with Gasteiger partial charge in [0.1, 0.15) is 6.10 Å². The van der Waals surface area contributed by atoms with Gasteiger partial charge in [0.25, 0.3) is 0 Å². The number of epoxide rings is 1. The maximum absolute atomic E-state index is 11.7. The Morgan fingerprint density at radius 2 is 2.27 bits per heavy atom. The Bertz CT molecular complexity index is 263. The lowest BCUT2D eigenvalue weighted by Gasteiger charge is -2.30. The number of hydrogen-bond acceptors (Lipinski definition) is 5. The Kier molecular flexibility index (Phi) is 2.81. The molecule has 5 heteroatoms. The van der Waals surface area contributed by atoms with Gasteiger partial charge in [0, 0.05) is 27.1 Å². The summed E-state index contributed by atoms with van der Waals surface area (Å²) in [5, 5.41) is 10.2. The van der Waals surface area contributed by atoms with Crippen LogP contribution in [0.1, 0.15) is 19.3 Å². The highest BCUT2D eigenvalue weighted by Gasteiger charge is 2.61. The van der Waals surface area contributed by atoms with Crippen LogP contribution in [0.15, 0.2) is 0 Å². The molecule has 1 aliphatic heterocycles. The molecule has 1 saturated heterocycles. The number of ether oxygens (including phenoxy) is 3. The summed E-state index contributed by atoms with van der Waals surface area (Å²) < 4.78 is 15.3. The topological polar surface area (TPSA) is 68.3 Å². The van der Waals surface area contributed by atoms with Crippen molar-refractivity contribution in [2.75, 3.05) is 14.2 Å². The first-order valence-electron chi connectivity index (χ1n) is 5.08. The van der Waals surface area contributed by atoms with Gasteiger partial charge in [-0.1, -0.05) is 0 Å². The third-order valence-corrected chi connectivity index (χ3v) is 3.20. The van der Waals surface area contributed by atoms with E-state index in [4.69, 9.17) is 14.2 Å². The van der Waals surface area contributed by atoms with Crippen molar-refractivity contribution in [3.05, 3.63) is 0 Å². The van der Waals surface area contributed by atoms with Gasteiger partial charge in [-0.3, -0.25) is 4.79 Å². The van der Waals surface area contributed by atoms with E-state index in [9.17, 15) is 9.90 Å². The monoisotopic (exact) mass is 216 g/mol. The molecule has 1 saturated carbocycles. The number of Topliss-reactive ketones (excluding diaryl/α,β-unsaturated/α-hetero) is 1. The standard InChI is InChI=1S/C10H16O5/c1-13-8(14-2)5-10(12)7(11)4-3-6-9(10)15-6/h6,8-9,12H,3-5H2,1-2H3/t6-,9-,10+/m0/s1. The van der Waals surface area contributed by atoms with Gasteiger partial charge in [-0.15, -0.1) is 0 Å². The average Bonchev–Trinajstić information content (AvgIpc) is 3.01. The van der Waals surface area contributed by atoms with Crippen LogP contribution in [0.5, 0.6) is 0 Å². The second-order valence-corrected chi connectivity index (χ2v) is 4.09. The number of methoxy groups -OCH3 is 2. The fourth-order valence-corrected chi connectivity index (χ4v) is 2.18. The molecule has 0 aromatic carbocycles. The Morgan fingerprint density at radius 3 is 2.87 bits per heavy atom. The number of fused-ring (bicyclic) bond motifs is 1. The minimum absolute atomic E-state index is 0.0436. The van der Waals surface area contributed by atoms with Crippen molar-refractivity contribution in [2.24, 2.45) is 0 Å². The second kappa shape index (κ2) is 3.83. The minimum atomic E-state index is -1.42. The molecule has 5 nitrogen and oxygen atoms in total. The second-order valence-electron chi connectivity index (χ2n) is 4.09. The molecule has 2 fully saturated rings. The highest BCUT2D eigenvalue weighted by molar-refractivity contribution is 5.89. The van der Waals surface area contributed by atoms with Gasteiger partial charge < -0.3 is 19.3 Å². The van der Waals surface area contributed by atoms with Crippen LogP contribution in [0.25, 0.3) is 0 Å². The highest BCUT2D eigenvalue weighted by Crippen LogP contribution is 2.43. The van der Waals surface area contributed by atoms with E-state index in [2.05, 4.69) is 0 Å². The van der Waals surface area contributed by atoms with Gasteiger partial charge in [0.2, 0.25) is 0 Å². The van der Waals surface area contributed by atoms with Crippen molar-refractivity contribution >= 4 is 5.78 Å². The quantitative estimate of drug-likeness (QED) is 0.523. The van der Waals surface area contributed by atoms with Gasteiger partial charge in [0.05, 0.1) is 6.10 Å². The average molecular weight is 216 g/mol. The first kappa shape index (κ1) is 11.0. The Balaban J connectivity index is 2.06. The van der Waals surface area contributed by atoms with Crippen LogP contribution >= 0.6 is 0 Å². The smallest absolute Gasteiger partial charge is 0.167 e. The van der Waals surface area contributed by atoms with E-state index in [1.165, 1.54) is 14.2 Å². The molecule has 0 spiro atoms. The molecule has 1 heterocycles. The Morgan fingerprint density at radius 1 is 1.60 bits per heavy atom. The number of aliphatic hydroxyl groups is 1. The molecule has 3 atom stereocenters. The first-order chi connectivity index (χ1) is 7.11. The summed E-state index contributed by atoms with van der Waals surface area (Å²) in [5.74, 6) is -0.166. The van der Waals surface area contributed by atoms with Crippen molar-refractivity contribution in [3.8, 4) is 0 Å². The molecule has 2 rings (SSSR count). The summed E-state index contributed by atoms with van der Waals surface area (Å²) in [6.45, 7) is 0. The van der Waals surface area contributed by atoms with Crippen molar-refractivity contribution < 1.29 is 24.1 Å². The molecular formula is C10H16O5. The van der Waals surface area contributed by atoms with Crippen LogP contribution in [0.3, 0.4) is 0 Å². The molecule has 0 unspecified atom stereocenters. The number of carbonyl (C=O) groups excluding carboxylic acids is 1. The summed E-state index contributed by atoms with van der Waals surface area (Å²) in [4.78, 5) is 11.7. The summed E-state index contributed by atoms with van der Waals surface area (Å²) in [7, 11) is 2.96. The van der Waals surface area contributed by atoms with Gasteiger partial charge >= 0.3 is 0 Å². The lowest BCUT2D eigenvalue weighted by Crippen LogP contribution is -2.50. The van der Waals surface area contributed by atoms with Crippen LogP contribution in [0, 0.1) is 0 Å². The fraction of sp³-hybridized carbons (Fsp3) is 0.900. The highest BCUT2D eigenvalue weighted by atomic mass is 16.7. The van der Waals surface area contributed by atoms with Gasteiger partial charge in [0.15, 0.2) is 17.7 Å². The molecule has 0 amide bonds. The Hall–Kier alpha value is -0.490. The molecule has 0 aromatic rings. The predicted octanol–water partition coefficient (Wildman–Crippen LogP) is -0.143. The molecular weight excluding hydrogens is 200 g/mol. The van der Waals surface area contributed by atoms with E-state index in [1.54, 1.807) is 0 Å². The molecule has 0 aromatic heterocycles. The van der Waals surface area contributed by atoms with Crippen molar-refractivity contribution in [1.82, 2.24) is 0 Å². The summed E-state index contributed by atoms with van der Waals surface area (Å²) in [5.41, 5.74) is -1.42. The van der Waals surface area contributed by atoms with Crippen LogP contribution in [-0.2, 0) is 19.0 Å². The van der Waals surface area contributed by atoms with Gasteiger partial charge in [-0.2, -0.15) is 0 Å². The molecule has 0 bridgehead atoms. The van der Waals surface area contributed by atoms with Crippen molar-refractivity contribution in [2.45, 2.75) is 43.4 Å². The van der Waals surface area contributed by atoms with E-state index in [0.717, 1.165) is 6.42 Å². The van der Waals surface area contributed by atoms with E-state index in [1.807, 2.05) is 0 Å². The third kappa shape index (κ3) is 1.80. The summed E-state index contributed by atoms with van der Waals surface area (Å²) in [6.07, 6.45) is 0.351. The Labute approximate surface area is 88.3 Å². The zero-order chi connectivity index (χ0) is 11.1. The normalized spacial score (nSPS) is 39.3. The summed E-state index contributed by atoms with van der Waals surface area (Å²) in [6, 6.07) is 0. The van der Waals surface area contributed by atoms with Crippen LogP contribution in [-0.4, -0.2) is 49.2 Å². The van der Waals surface area contributed by atoms with E-state index in [-0.39, 0.29) is 24.4 Å². The summed E-state index contributed by atoms with van der Waals surface area (Å²) >= 11 is 0. The molecule has 0 radical (unpaired) electrons. The number of carbonyl (C=O) groups is 1. The lowest BCUT2D eigenvalue weighted by atomic mass is 9.81. The maximum atomic E-state index is 11.7. The van der Waals surface area contributed by atoms with E-state index < -0.39 is 11.9 Å².